The minimum Gasteiger partial charge on any atom is -0.341 e. The van der Waals surface area contributed by atoms with E-state index in [0.29, 0.717) is 11.4 Å². The summed E-state index contributed by atoms with van der Waals surface area (Å²) in [4.78, 5) is 19.9. The summed E-state index contributed by atoms with van der Waals surface area (Å²) in [6, 6.07) is 13.2. The van der Waals surface area contributed by atoms with Gasteiger partial charge in [-0.2, -0.15) is 0 Å². The van der Waals surface area contributed by atoms with Crippen LogP contribution < -0.4 is 9.44 Å². The number of aromatic amines is 1. The summed E-state index contributed by atoms with van der Waals surface area (Å²) < 4.78 is 56.8. The van der Waals surface area contributed by atoms with Crippen molar-refractivity contribution in [3.63, 3.8) is 0 Å². The van der Waals surface area contributed by atoms with Gasteiger partial charge in [0.05, 0.1) is 29.2 Å². The number of hydrogen-bond donors (Lipinski definition) is 3. The van der Waals surface area contributed by atoms with E-state index in [4.69, 9.17) is 0 Å². The molecule has 1 amide bonds. The zero-order chi connectivity index (χ0) is 31.3. The highest BCUT2D eigenvalue weighted by Crippen LogP contribution is 2.32. The maximum absolute atomic E-state index is 13.6. The number of carbonyl (C=O) groups is 1. The zero-order valence-corrected chi connectivity index (χ0v) is 26.7. The summed E-state index contributed by atoms with van der Waals surface area (Å²) in [5.41, 5.74) is 9.61. The molecule has 1 aliphatic rings. The molecule has 0 radical (unpaired) electrons. The van der Waals surface area contributed by atoms with Gasteiger partial charge in [-0.3, -0.25) is 9.52 Å². The number of benzene rings is 3. The molecule has 0 aliphatic carbocycles. The second kappa shape index (κ2) is 11.4. The van der Waals surface area contributed by atoms with E-state index in [0.717, 1.165) is 39.1 Å². The van der Waals surface area contributed by atoms with Gasteiger partial charge in [0.1, 0.15) is 11.1 Å². The van der Waals surface area contributed by atoms with E-state index in [9.17, 15) is 21.6 Å². The second-order valence-electron chi connectivity index (χ2n) is 11.4. The Bertz CT molecular complexity index is 1950. The number of sulfonamides is 2. The number of nitrogens with zero attached hydrogens (tertiary/aromatic N) is 1. The van der Waals surface area contributed by atoms with Crippen LogP contribution in [0.3, 0.4) is 0 Å². The van der Waals surface area contributed by atoms with E-state index in [1.165, 1.54) is 11.1 Å². The zero-order valence-electron chi connectivity index (χ0n) is 25.1. The Labute approximate surface area is 253 Å². The van der Waals surface area contributed by atoms with Gasteiger partial charge in [-0.15, -0.1) is 0 Å². The third-order valence-electron chi connectivity index (χ3n) is 8.58. The van der Waals surface area contributed by atoms with E-state index in [-0.39, 0.29) is 17.7 Å². The number of amides is 1. The Balaban J connectivity index is 1.50. The molecule has 2 unspecified atom stereocenters. The van der Waals surface area contributed by atoms with Crippen LogP contribution in [-0.2, 0) is 31.3 Å². The molecule has 0 bridgehead atoms. The van der Waals surface area contributed by atoms with Gasteiger partial charge in [0.15, 0.2) is 0 Å². The molecule has 2 atom stereocenters. The van der Waals surface area contributed by atoms with Crippen molar-refractivity contribution in [3.8, 4) is 11.3 Å². The van der Waals surface area contributed by atoms with Crippen molar-refractivity contribution in [2.45, 2.75) is 70.6 Å². The fraction of sp³-hybridized carbons (Fsp3) is 0.312. The van der Waals surface area contributed by atoms with Crippen LogP contribution in [0, 0.1) is 41.5 Å². The second-order valence-corrected chi connectivity index (χ2v) is 15.0. The van der Waals surface area contributed by atoms with E-state index in [2.05, 4.69) is 48.5 Å². The van der Waals surface area contributed by atoms with Crippen LogP contribution in [0.25, 0.3) is 11.3 Å². The Morgan fingerprint density at radius 2 is 1.60 bits per heavy atom. The van der Waals surface area contributed by atoms with Crippen LogP contribution >= 0.6 is 0 Å². The Morgan fingerprint density at radius 3 is 2.23 bits per heavy atom. The predicted molar refractivity (Wildman–Crippen MR) is 167 cm³/mol. The number of aryl methyl sites for hydroxylation is 3. The summed E-state index contributed by atoms with van der Waals surface area (Å²) in [6.07, 6.45) is 1.84. The van der Waals surface area contributed by atoms with Gasteiger partial charge in [0.2, 0.25) is 26.0 Å². The van der Waals surface area contributed by atoms with Crippen LogP contribution in [0.2, 0.25) is 0 Å². The molecule has 226 valence electrons. The highest BCUT2D eigenvalue weighted by atomic mass is 32.2. The first-order valence-electron chi connectivity index (χ1n) is 14.0. The van der Waals surface area contributed by atoms with Gasteiger partial charge in [0.25, 0.3) is 0 Å². The van der Waals surface area contributed by atoms with Crippen LogP contribution in [0.5, 0.6) is 0 Å². The molecule has 0 saturated carbocycles. The lowest BCUT2D eigenvalue weighted by molar-refractivity contribution is -0.118. The molecule has 1 aromatic heterocycles. The topological polar surface area (TPSA) is 138 Å². The van der Waals surface area contributed by atoms with Crippen molar-refractivity contribution in [1.82, 2.24) is 19.4 Å². The number of nitrogens with one attached hydrogen (secondary N) is 3. The highest BCUT2D eigenvalue weighted by Gasteiger charge is 2.37. The number of hydrogen-bond acceptors (Lipinski definition) is 6. The first-order valence-corrected chi connectivity index (χ1v) is 17.0. The standard InChI is InChI=1S/C32H36N4O5S2/c1-18-7-12-26(13-19(18)2)42(38,39)35-28(15-24-8-10-25(11-9-24)30-16-31(37)36-43(30,40)41)32-33-17-29(34-32)27-14-20(3)21(4)22(5)23(27)6/h7-14,17,28,30,35H,15-16H2,1-6H3,(H,33,34)(H,36,37). The molecule has 4 aromatic rings. The lowest BCUT2D eigenvalue weighted by Crippen LogP contribution is -2.31. The number of aromatic nitrogens is 2. The van der Waals surface area contributed by atoms with Gasteiger partial charge in [-0.25, -0.2) is 26.5 Å². The third-order valence-corrected chi connectivity index (χ3v) is 11.7. The summed E-state index contributed by atoms with van der Waals surface area (Å²) in [5.74, 6) is -0.0763. The highest BCUT2D eigenvalue weighted by molar-refractivity contribution is 7.90. The molecule has 0 spiro atoms. The minimum absolute atomic E-state index is 0.132. The molecular formula is C32H36N4O5S2. The molecule has 3 aromatic carbocycles. The predicted octanol–water partition coefficient (Wildman–Crippen LogP) is 5.08. The lowest BCUT2D eigenvalue weighted by Gasteiger charge is -2.18. The number of H-pyrrole nitrogens is 1. The smallest absolute Gasteiger partial charge is 0.242 e. The number of rotatable bonds is 8. The molecule has 3 N–H and O–H groups in total. The molecule has 2 heterocycles. The summed E-state index contributed by atoms with van der Waals surface area (Å²) >= 11 is 0. The average Bonchev–Trinajstić information content (AvgIpc) is 3.54. The Morgan fingerprint density at radius 1 is 0.907 bits per heavy atom. The van der Waals surface area contributed by atoms with Crippen molar-refractivity contribution in [1.29, 1.82) is 0 Å². The molecule has 1 aliphatic heterocycles. The minimum atomic E-state index is -3.93. The van der Waals surface area contributed by atoms with Gasteiger partial charge in [-0.1, -0.05) is 30.3 Å². The number of imidazole rings is 1. The van der Waals surface area contributed by atoms with E-state index in [1.807, 2.05) is 18.6 Å². The largest absolute Gasteiger partial charge is 0.341 e. The summed E-state index contributed by atoms with van der Waals surface area (Å²) in [6.45, 7) is 12.1. The molecule has 1 saturated heterocycles. The third kappa shape index (κ3) is 6.15. The first kappa shape index (κ1) is 30.7. The van der Waals surface area contributed by atoms with Crippen LogP contribution in [0.15, 0.2) is 59.6 Å². The molecule has 11 heteroatoms. The van der Waals surface area contributed by atoms with Crippen molar-refractivity contribution in [2.75, 3.05) is 0 Å². The Kier molecular flexibility index (Phi) is 8.10. The van der Waals surface area contributed by atoms with Gasteiger partial charge < -0.3 is 4.98 Å². The van der Waals surface area contributed by atoms with E-state index in [1.54, 1.807) is 48.7 Å². The first-order chi connectivity index (χ1) is 20.2. The van der Waals surface area contributed by atoms with Crippen molar-refractivity contribution >= 4 is 26.0 Å². The molecule has 9 nitrogen and oxygen atoms in total. The molecule has 1 fully saturated rings. The van der Waals surface area contributed by atoms with Gasteiger partial charge in [0, 0.05) is 5.56 Å². The fourth-order valence-electron chi connectivity index (χ4n) is 5.42. The van der Waals surface area contributed by atoms with Crippen molar-refractivity contribution in [2.24, 2.45) is 0 Å². The lowest BCUT2D eigenvalue weighted by atomic mass is 9.93. The maximum atomic E-state index is 13.6. The SMILES string of the molecule is Cc1ccc(S(=O)(=O)NC(Cc2ccc(C3CC(=O)NS3(=O)=O)cc2)c2ncc(-c3cc(C)c(C)c(C)c3C)[nH]2)cc1C. The van der Waals surface area contributed by atoms with Crippen molar-refractivity contribution in [3.05, 3.63) is 105 Å². The average molecular weight is 621 g/mol. The summed E-state index contributed by atoms with van der Waals surface area (Å²) in [5, 5.41) is -0.953. The maximum Gasteiger partial charge on any atom is 0.242 e. The van der Waals surface area contributed by atoms with E-state index < -0.39 is 37.2 Å². The van der Waals surface area contributed by atoms with Crippen LogP contribution in [0.4, 0.5) is 0 Å². The quantitative estimate of drug-likeness (QED) is 0.251. The van der Waals surface area contributed by atoms with Crippen LogP contribution in [0.1, 0.15) is 68.0 Å². The van der Waals surface area contributed by atoms with Gasteiger partial charge in [-0.05, 0) is 111 Å². The molecule has 5 rings (SSSR count). The van der Waals surface area contributed by atoms with Gasteiger partial charge >= 0.3 is 0 Å². The normalized spacial score (nSPS) is 17.2. The summed E-state index contributed by atoms with van der Waals surface area (Å²) in [7, 11) is -7.70. The van der Waals surface area contributed by atoms with Crippen molar-refractivity contribution < 1.29 is 21.6 Å². The van der Waals surface area contributed by atoms with E-state index >= 15 is 0 Å². The van der Waals surface area contributed by atoms with Crippen LogP contribution in [-0.4, -0.2) is 32.7 Å². The Hall–Kier alpha value is -3.80. The fourth-order valence-corrected chi connectivity index (χ4v) is 8.14. The molecule has 43 heavy (non-hydrogen) atoms. The monoisotopic (exact) mass is 620 g/mol. The number of carbonyl (C=O) groups excluding carboxylic acids is 1. The molecular weight excluding hydrogens is 585 g/mol.